The van der Waals surface area contributed by atoms with E-state index >= 15 is 0 Å². The summed E-state index contributed by atoms with van der Waals surface area (Å²) < 4.78 is 22.7. The maximum absolute atomic E-state index is 13.0. The maximum atomic E-state index is 13.0. The van der Waals surface area contributed by atoms with Crippen LogP contribution in [0.5, 0.6) is 23.0 Å². The molecule has 0 heterocycles. The fourth-order valence-electron chi connectivity index (χ4n) is 3.71. The minimum atomic E-state index is -0.374. The lowest BCUT2D eigenvalue weighted by Crippen LogP contribution is -2.22. The molecule has 0 aromatic heterocycles. The molecule has 0 saturated heterocycles. The largest absolute Gasteiger partial charge is 0.624 e. The standard InChI is InChI=1S/C27H37NO6/c1-17(29)34-24-20(26(2,3)4)11-18(12-21(24)27(5,6)7)15-28(30)16-19-13-22(31-8)25(33-10)23(14-19)32-9/h11-15H,16H2,1-10H3. The van der Waals surface area contributed by atoms with Gasteiger partial charge < -0.3 is 24.2 Å². The van der Waals surface area contributed by atoms with Gasteiger partial charge in [0.15, 0.2) is 24.3 Å². The minimum Gasteiger partial charge on any atom is -0.624 e. The van der Waals surface area contributed by atoms with Gasteiger partial charge in [0.05, 0.1) is 21.3 Å². The van der Waals surface area contributed by atoms with Crippen molar-refractivity contribution in [2.75, 3.05) is 21.3 Å². The molecule has 2 aromatic carbocycles. The van der Waals surface area contributed by atoms with E-state index in [9.17, 15) is 10.0 Å². The van der Waals surface area contributed by atoms with Crippen LogP contribution in [-0.2, 0) is 22.2 Å². The molecule has 0 radical (unpaired) electrons. The molecule has 0 saturated carbocycles. The van der Waals surface area contributed by atoms with Crippen molar-refractivity contribution in [1.29, 1.82) is 0 Å². The normalized spacial score (nSPS) is 12.4. The van der Waals surface area contributed by atoms with Crippen LogP contribution in [0.1, 0.15) is 70.7 Å². The molecule has 0 aliphatic rings. The van der Waals surface area contributed by atoms with E-state index in [0.29, 0.717) is 28.6 Å². The summed E-state index contributed by atoms with van der Waals surface area (Å²) in [5, 5.41) is 13.0. The van der Waals surface area contributed by atoms with Crippen LogP contribution in [0, 0.1) is 5.21 Å². The first kappa shape index (κ1) is 27.0. The summed E-state index contributed by atoms with van der Waals surface area (Å²) in [4.78, 5) is 11.9. The van der Waals surface area contributed by atoms with E-state index in [1.165, 1.54) is 28.3 Å². The predicted octanol–water partition coefficient (Wildman–Crippen LogP) is 5.36. The summed E-state index contributed by atoms with van der Waals surface area (Å²) in [5.74, 6) is 1.63. The molecular weight excluding hydrogens is 434 g/mol. The van der Waals surface area contributed by atoms with Crippen LogP contribution < -0.4 is 18.9 Å². The van der Waals surface area contributed by atoms with Crippen molar-refractivity contribution in [3.05, 3.63) is 51.7 Å². The first-order valence-electron chi connectivity index (χ1n) is 11.2. The molecule has 0 N–H and O–H groups in total. The van der Waals surface area contributed by atoms with Gasteiger partial charge in [0.25, 0.3) is 0 Å². The molecule has 0 unspecified atom stereocenters. The molecule has 0 aliphatic carbocycles. The highest BCUT2D eigenvalue weighted by molar-refractivity contribution is 5.79. The number of hydrogen-bond acceptors (Lipinski definition) is 6. The summed E-state index contributed by atoms with van der Waals surface area (Å²) in [6.07, 6.45) is 1.55. The number of carbonyl (C=O) groups is 1. The molecule has 0 fully saturated rings. The molecule has 2 rings (SSSR count). The number of ether oxygens (including phenoxy) is 4. The van der Waals surface area contributed by atoms with Crippen molar-refractivity contribution in [2.45, 2.75) is 65.8 Å². The number of esters is 1. The molecule has 7 heteroatoms. The van der Waals surface area contributed by atoms with Gasteiger partial charge in [-0.05, 0) is 35.1 Å². The third-order valence-electron chi connectivity index (χ3n) is 5.33. The quantitative estimate of drug-likeness (QED) is 0.135. The van der Waals surface area contributed by atoms with E-state index in [1.807, 2.05) is 12.1 Å². The Morgan fingerprint density at radius 3 is 1.68 bits per heavy atom. The fraction of sp³-hybridized carbons (Fsp3) is 0.481. The van der Waals surface area contributed by atoms with Gasteiger partial charge in [-0.1, -0.05) is 41.5 Å². The third kappa shape index (κ3) is 6.43. The van der Waals surface area contributed by atoms with Crippen molar-refractivity contribution >= 4 is 12.2 Å². The third-order valence-corrected chi connectivity index (χ3v) is 5.33. The molecule has 0 amide bonds. The van der Waals surface area contributed by atoms with E-state index in [2.05, 4.69) is 41.5 Å². The highest BCUT2D eigenvalue weighted by Crippen LogP contribution is 2.41. The Bertz CT molecular complexity index is 1010. The Labute approximate surface area is 202 Å². The monoisotopic (exact) mass is 471 g/mol. The first-order chi connectivity index (χ1) is 15.7. The SMILES string of the molecule is COc1cc(C[N+]([O-])=Cc2cc(C(C)(C)C)c(OC(C)=O)c(C(C)(C)C)c2)cc(OC)c1OC. The lowest BCUT2D eigenvalue weighted by molar-refractivity contribution is -0.469. The van der Waals surface area contributed by atoms with Crippen molar-refractivity contribution in [1.82, 2.24) is 0 Å². The zero-order valence-corrected chi connectivity index (χ0v) is 22.0. The smallest absolute Gasteiger partial charge is 0.308 e. The van der Waals surface area contributed by atoms with Gasteiger partial charge in [0.2, 0.25) is 5.75 Å². The van der Waals surface area contributed by atoms with Crippen LogP contribution in [0.15, 0.2) is 24.3 Å². The van der Waals surface area contributed by atoms with Gasteiger partial charge in [-0.3, -0.25) is 4.79 Å². The summed E-state index contributed by atoms with van der Waals surface area (Å²) in [7, 11) is 4.61. The Kier molecular flexibility index (Phi) is 8.24. The second-order valence-electron chi connectivity index (χ2n) is 10.3. The molecule has 0 spiro atoms. The minimum absolute atomic E-state index is 0.0815. The Morgan fingerprint density at radius 2 is 1.32 bits per heavy atom. The van der Waals surface area contributed by atoms with Crippen molar-refractivity contribution in [3.63, 3.8) is 0 Å². The zero-order valence-electron chi connectivity index (χ0n) is 22.0. The lowest BCUT2D eigenvalue weighted by Gasteiger charge is -2.29. The first-order valence-corrected chi connectivity index (χ1v) is 11.2. The average molecular weight is 472 g/mol. The van der Waals surface area contributed by atoms with Crippen molar-refractivity contribution in [2.24, 2.45) is 0 Å². The van der Waals surface area contributed by atoms with Gasteiger partial charge in [0.1, 0.15) is 5.75 Å². The van der Waals surface area contributed by atoms with Crippen molar-refractivity contribution < 1.29 is 28.5 Å². The number of hydroxylamine groups is 1. The molecule has 0 atom stereocenters. The molecule has 34 heavy (non-hydrogen) atoms. The maximum Gasteiger partial charge on any atom is 0.308 e. The fourth-order valence-corrected chi connectivity index (χ4v) is 3.71. The summed E-state index contributed by atoms with van der Waals surface area (Å²) >= 11 is 0. The van der Waals surface area contributed by atoms with Crippen molar-refractivity contribution in [3.8, 4) is 23.0 Å². The van der Waals surface area contributed by atoms with Crippen LogP contribution >= 0.6 is 0 Å². The topological polar surface area (TPSA) is 80.1 Å². The Balaban J connectivity index is 2.59. The summed E-state index contributed by atoms with van der Waals surface area (Å²) in [5.41, 5.74) is 2.56. The number of carbonyl (C=O) groups excluding carboxylic acids is 1. The molecule has 0 bridgehead atoms. The van der Waals surface area contributed by atoms with Gasteiger partial charge in [-0.15, -0.1) is 0 Å². The van der Waals surface area contributed by atoms with Crippen LogP contribution in [0.2, 0.25) is 0 Å². The molecule has 7 nitrogen and oxygen atoms in total. The average Bonchev–Trinajstić information content (AvgIpc) is 2.71. The van der Waals surface area contributed by atoms with Gasteiger partial charge >= 0.3 is 5.97 Å². The van der Waals surface area contributed by atoms with Crippen LogP contribution in [0.25, 0.3) is 0 Å². The summed E-state index contributed by atoms with van der Waals surface area (Å²) in [6.45, 7) is 13.8. The highest BCUT2D eigenvalue weighted by atomic mass is 16.5. The van der Waals surface area contributed by atoms with Crippen LogP contribution in [-0.4, -0.2) is 38.3 Å². The number of methoxy groups -OCH3 is 3. The van der Waals surface area contributed by atoms with Crippen LogP contribution in [0.3, 0.4) is 0 Å². The predicted molar refractivity (Wildman–Crippen MR) is 134 cm³/mol. The van der Waals surface area contributed by atoms with Gasteiger partial charge in [0, 0.05) is 29.2 Å². The van der Waals surface area contributed by atoms with Crippen LogP contribution in [0.4, 0.5) is 0 Å². The lowest BCUT2D eigenvalue weighted by atomic mass is 9.78. The van der Waals surface area contributed by atoms with E-state index in [0.717, 1.165) is 21.4 Å². The van der Waals surface area contributed by atoms with Gasteiger partial charge in [-0.25, -0.2) is 4.74 Å². The Morgan fingerprint density at radius 1 is 0.853 bits per heavy atom. The van der Waals surface area contributed by atoms with E-state index in [1.54, 1.807) is 18.3 Å². The second kappa shape index (κ2) is 10.4. The number of rotatable bonds is 7. The van der Waals surface area contributed by atoms with E-state index < -0.39 is 0 Å². The Hall–Kier alpha value is -3.22. The highest BCUT2D eigenvalue weighted by Gasteiger charge is 2.29. The number of benzene rings is 2. The number of nitrogens with zero attached hydrogens (tertiary/aromatic N) is 1. The zero-order chi connectivity index (χ0) is 25.8. The second-order valence-corrected chi connectivity index (χ2v) is 10.3. The van der Waals surface area contributed by atoms with E-state index in [4.69, 9.17) is 18.9 Å². The van der Waals surface area contributed by atoms with E-state index in [-0.39, 0.29) is 23.3 Å². The van der Waals surface area contributed by atoms with Gasteiger partial charge in [-0.2, -0.15) is 0 Å². The molecule has 2 aromatic rings. The molecule has 0 aliphatic heterocycles. The molecule has 186 valence electrons. The number of hydrogen-bond donors (Lipinski definition) is 0. The summed E-state index contributed by atoms with van der Waals surface area (Å²) in [6, 6.07) is 7.33. The molecular formula is C27H37NO6.